The number of pyridine rings is 1. The van der Waals surface area contributed by atoms with Crippen LogP contribution in [0.25, 0.3) is 5.69 Å². The predicted octanol–water partition coefficient (Wildman–Crippen LogP) is 0.515. The van der Waals surface area contributed by atoms with Crippen molar-refractivity contribution in [3.63, 3.8) is 0 Å². The van der Waals surface area contributed by atoms with Crippen molar-refractivity contribution in [3.8, 4) is 5.69 Å². The van der Waals surface area contributed by atoms with E-state index in [-0.39, 0.29) is 29.5 Å². The molecule has 7 heteroatoms. The van der Waals surface area contributed by atoms with Crippen LogP contribution in [0.2, 0.25) is 0 Å². The molecule has 0 saturated carbocycles. The second kappa shape index (κ2) is 7.53. The lowest BCUT2D eigenvalue weighted by Crippen LogP contribution is -2.46. The molecule has 7 nitrogen and oxygen atoms in total. The van der Waals surface area contributed by atoms with Gasteiger partial charge >= 0.3 is 0 Å². The third-order valence-corrected chi connectivity index (χ3v) is 4.57. The van der Waals surface area contributed by atoms with E-state index in [1.165, 1.54) is 10.6 Å². The summed E-state index contributed by atoms with van der Waals surface area (Å²) in [6, 6.07) is 11.1. The molecule has 1 aliphatic rings. The van der Waals surface area contributed by atoms with Crippen LogP contribution in [0.4, 0.5) is 0 Å². The number of nitrogens with one attached hydrogen (secondary N) is 1. The normalized spacial score (nSPS) is 19.4. The van der Waals surface area contributed by atoms with Gasteiger partial charge in [0.15, 0.2) is 0 Å². The fourth-order valence-corrected chi connectivity index (χ4v) is 3.07. The number of rotatable bonds is 4. The lowest BCUT2D eigenvalue weighted by Gasteiger charge is -2.17. The summed E-state index contributed by atoms with van der Waals surface area (Å²) in [6.45, 7) is 2.68. The average Bonchev–Trinajstić information content (AvgIpc) is 3.02. The maximum atomic E-state index is 12.5. The van der Waals surface area contributed by atoms with Gasteiger partial charge in [0.2, 0.25) is 5.91 Å². The Kier molecular flexibility index (Phi) is 5.18. The Morgan fingerprint density at radius 1 is 1.15 bits per heavy atom. The largest absolute Gasteiger partial charge is 0.346 e. The van der Waals surface area contributed by atoms with Gasteiger partial charge in [-0.05, 0) is 30.3 Å². The molecule has 2 aromatic rings. The smallest absolute Gasteiger partial charge is 0.255 e. The molecule has 2 amide bonds. The zero-order valence-corrected chi connectivity index (χ0v) is 14.6. The van der Waals surface area contributed by atoms with Crippen LogP contribution in [0.15, 0.2) is 53.5 Å². The van der Waals surface area contributed by atoms with Gasteiger partial charge in [-0.3, -0.25) is 19.0 Å². The number of hydrogen-bond donors (Lipinski definition) is 2. The summed E-state index contributed by atoms with van der Waals surface area (Å²) in [7, 11) is 0. The van der Waals surface area contributed by atoms with E-state index in [4.69, 9.17) is 5.73 Å². The summed E-state index contributed by atoms with van der Waals surface area (Å²) >= 11 is 0. The maximum Gasteiger partial charge on any atom is 0.255 e. The molecule has 1 aromatic heterocycles. The van der Waals surface area contributed by atoms with Gasteiger partial charge in [-0.15, -0.1) is 0 Å². The van der Waals surface area contributed by atoms with Crippen LogP contribution in [0.1, 0.15) is 23.7 Å². The molecule has 1 aliphatic heterocycles. The Morgan fingerprint density at radius 3 is 2.54 bits per heavy atom. The average molecular weight is 354 g/mol. The molecule has 1 fully saturated rings. The molecule has 136 valence electrons. The molecule has 1 aromatic carbocycles. The monoisotopic (exact) mass is 354 g/mol. The van der Waals surface area contributed by atoms with E-state index in [0.29, 0.717) is 30.8 Å². The van der Waals surface area contributed by atoms with Crippen LogP contribution >= 0.6 is 0 Å². The summed E-state index contributed by atoms with van der Waals surface area (Å²) in [5.41, 5.74) is 7.08. The van der Waals surface area contributed by atoms with Crippen LogP contribution in [0, 0.1) is 0 Å². The Balaban J connectivity index is 1.68. The highest BCUT2D eigenvalue weighted by Crippen LogP contribution is 2.12. The van der Waals surface area contributed by atoms with Gasteiger partial charge in [-0.1, -0.05) is 13.0 Å². The fourth-order valence-electron chi connectivity index (χ4n) is 3.07. The molecule has 26 heavy (non-hydrogen) atoms. The molecule has 2 unspecified atom stereocenters. The van der Waals surface area contributed by atoms with E-state index in [0.717, 1.165) is 0 Å². The number of hydrogen-bond acceptors (Lipinski definition) is 4. The van der Waals surface area contributed by atoms with Crippen LogP contribution in [0.5, 0.6) is 0 Å². The number of likely N-dealkylation sites (tertiary alicyclic amines) is 1. The second-order valence-electron chi connectivity index (χ2n) is 6.35. The Hall–Kier alpha value is -2.93. The van der Waals surface area contributed by atoms with E-state index in [2.05, 4.69) is 5.32 Å². The first kappa shape index (κ1) is 17.9. The standard InChI is InChI=1S/C19H22N4O3/c1-2-17(24)22-11-15(20)16(12-22)21-19(26)13-6-8-14(9-7-13)23-10-4-3-5-18(23)25/h3-10,15-16H,2,11-12,20H2,1H3,(H,21,26). The van der Waals surface area contributed by atoms with Crippen molar-refractivity contribution >= 4 is 11.8 Å². The van der Waals surface area contributed by atoms with Gasteiger partial charge in [-0.25, -0.2) is 0 Å². The van der Waals surface area contributed by atoms with Crippen molar-refractivity contribution in [3.05, 3.63) is 64.6 Å². The molecular formula is C19H22N4O3. The highest BCUT2D eigenvalue weighted by molar-refractivity contribution is 5.94. The number of benzene rings is 1. The van der Waals surface area contributed by atoms with Gasteiger partial charge in [0.05, 0.1) is 6.04 Å². The topological polar surface area (TPSA) is 97.4 Å². The van der Waals surface area contributed by atoms with Gasteiger partial charge < -0.3 is 16.0 Å². The predicted molar refractivity (Wildman–Crippen MR) is 98.1 cm³/mol. The molecule has 3 N–H and O–H groups in total. The molecular weight excluding hydrogens is 332 g/mol. The minimum Gasteiger partial charge on any atom is -0.346 e. The number of nitrogens with two attached hydrogens (primary N) is 1. The van der Waals surface area contributed by atoms with Crippen molar-refractivity contribution < 1.29 is 9.59 Å². The SMILES string of the molecule is CCC(=O)N1CC(N)C(NC(=O)c2ccc(-n3ccccc3=O)cc2)C1. The van der Waals surface area contributed by atoms with Crippen molar-refractivity contribution in [1.82, 2.24) is 14.8 Å². The van der Waals surface area contributed by atoms with Gasteiger partial charge in [0, 0.05) is 49.1 Å². The van der Waals surface area contributed by atoms with Crippen molar-refractivity contribution in [2.45, 2.75) is 25.4 Å². The van der Waals surface area contributed by atoms with Gasteiger partial charge in [0.1, 0.15) is 0 Å². The highest BCUT2D eigenvalue weighted by Gasteiger charge is 2.33. The Labute approximate surface area is 151 Å². The molecule has 0 radical (unpaired) electrons. The van der Waals surface area contributed by atoms with E-state index < -0.39 is 0 Å². The first-order valence-electron chi connectivity index (χ1n) is 8.62. The van der Waals surface area contributed by atoms with Crippen molar-refractivity contribution in [2.75, 3.05) is 13.1 Å². The Morgan fingerprint density at radius 2 is 1.88 bits per heavy atom. The summed E-state index contributed by atoms with van der Waals surface area (Å²) < 4.78 is 1.50. The lowest BCUT2D eigenvalue weighted by molar-refractivity contribution is -0.129. The summed E-state index contributed by atoms with van der Waals surface area (Å²) in [6.07, 6.45) is 2.10. The zero-order chi connectivity index (χ0) is 18.7. The zero-order valence-electron chi connectivity index (χ0n) is 14.6. The lowest BCUT2D eigenvalue weighted by atomic mass is 10.1. The first-order chi connectivity index (χ1) is 12.5. The number of aromatic nitrogens is 1. The van der Waals surface area contributed by atoms with E-state index in [9.17, 15) is 14.4 Å². The maximum absolute atomic E-state index is 12.5. The minimum absolute atomic E-state index is 0.0369. The van der Waals surface area contributed by atoms with Gasteiger partial charge in [-0.2, -0.15) is 0 Å². The molecule has 3 rings (SSSR count). The van der Waals surface area contributed by atoms with Crippen molar-refractivity contribution in [1.29, 1.82) is 0 Å². The second-order valence-corrected chi connectivity index (χ2v) is 6.35. The fraction of sp³-hybridized carbons (Fsp3) is 0.316. The van der Waals surface area contributed by atoms with Crippen LogP contribution < -0.4 is 16.6 Å². The highest BCUT2D eigenvalue weighted by atomic mass is 16.2. The van der Waals surface area contributed by atoms with Gasteiger partial charge in [0.25, 0.3) is 11.5 Å². The summed E-state index contributed by atoms with van der Waals surface area (Å²) in [4.78, 5) is 37.8. The molecule has 2 atom stereocenters. The number of carbonyl (C=O) groups excluding carboxylic acids is 2. The van der Waals surface area contributed by atoms with E-state index >= 15 is 0 Å². The summed E-state index contributed by atoms with van der Waals surface area (Å²) in [5.74, 6) is -0.210. The Bertz CT molecular complexity index is 860. The number of amides is 2. The third-order valence-electron chi connectivity index (χ3n) is 4.57. The van der Waals surface area contributed by atoms with Crippen molar-refractivity contribution in [2.24, 2.45) is 5.73 Å². The number of carbonyl (C=O) groups is 2. The van der Waals surface area contributed by atoms with E-state index in [1.807, 2.05) is 0 Å². The molecule has 1 saturated heterocycles. The molecule has 0 aliphatic carbocycles. The summed E-state index contributed by atoms with van der Waals surface area (Å²) in [5, 5.41) is 2.90. The van der Waals surface area contributed by atoms with Crippen LogP contribution in [0.3, 0.4) is 0 Å². The molecule has 0 spiro atoms. The first-order valence-corrected chi connectivity index (χ1v) is 8.62. The number of nitrogens with zero attached hydrogens (tertiary/aromatic N) is 2. The molecule has 2 heterocycles. The minimum atomic E-state index is -0.281. The quantitative estimate of drug-likeness (QED) is 0.836. The molecule has 0 bridgehead atoms. The van der Waals surface area contributed by atoms with Crippen LogP contribution in [-0.4, -0.2) is 46.5 Å². The van der Waals surface area contributed by atoms with Crippen LogP contribution in [-0.2, 0) is 4.79 Å². The van der Waals surface area contributed by atoms with E-state index in [1.54, 1.807) is 54.4 Å². The third kappa shape index (κ3) is 3.67.